The SMILES string of the molecule is CN1CCc2sc(S(N)(=O)=N[Si](C)(C)C(C)(C)C)c(F)c2C1. The molecule has 1 aromatic heterocycles. The smallest absolute Gasteiger partial charge is 0.195 e. The Bertz CT molecular complexity index is 700. The number of fused-ring (bicyclic) bond motifs is 1. The lowest BCUT2D eigenvalue weighted by Gasteiger charge is -2.32. The molecule has 1 aliphatic heterocycles. The zero-order valence-corrected chi connectivity index (χ0v) is 16.8. The molecule has 4 nitrogen and oxygen atoms in total. The highest BCUT2D eigenvalue weighted by molar-refractivity contribution is 7.94. The summed E-state index contributed by atoms with van der Waals surface area (Å²) in [5.41, 5.74) is 0.650. The summed E-state index contributed by atoms with van der Waals surface area (Å²) in [4.78, 5) is 3.03. The van der Waals surface area contributed by atoms with E-state index in [2.05, 4.69) is 29.7 Å². The van der Waals surface area contributed by atoms with Gasteiger partial charge in [0.05, 0.1) is 0 Å². The van der Waals surface area contributed by atoms with Crippen molar-refractivity contribution in [3.05, 3.63) is 16.3 Å². The maximum absolute atomic E-state index is 14.7. The average molecular weight is 364 g/mol. The number of hydrogen-bond donors (Lipinski definition) is 1. The topological polar surface area (TPSA) is 58.7 Å². The van der Waals surface area contributed by atoms with Crippen LogP contribution in [0.5, 0.6) is 0 Å². The molecule has 0 aliphatic carbocycles. The summed E-state index contributed by atoms with van der Waals surface area (Å²) in [5.74, 6) is -0.401. The molecule has 0 bridgehead atoms. The Morgan fingerprint density at radius 2 is 2.00 bits per heavy atom. The Morgan fingerprint density at radius 1 is 1.41 bits per heavy atom. The third kappa shape index (κ3) is 3.30. The van der Waals surface area contributed by atoms with Crippen molar-refractivity contribution in [3.63, 3.8) is 0 Å². The van der Waals surface area contributed by atoms with E-state index < -0.39 is 24.0 Å². The molecule has 1 aliphatic rings. The first-order chi connectivity index (χ1) is 9.85. The van der Waals surface area contributed by atoms with Crippen LogP contribution in [0.1, 0.15) is 31.2 Å². The monoisotopic (exact) mass is 363 g/mol. The maximum atomic E-state index is 14.7. The van der Waals surface area contributed by atoms with Gasteiger partial charge in [-0.1, -0.05) is 20.8 Å². The van der Waals surface area contributed by atoms with E-state index in [-0.39, 0.29) is 9.25 Å². The average Bonchev–Trinajstić information content (AvgIpc) is 2.65. The normalized spacial score (nSPS) is 19.6. The van der Waals surface area contributed by atoms with Gasteiger partial charge in [-0.3, -0.25) is 4.03 Å². The highest BCUT2D eigenvalue weighted by Gasteiger charge is 2.38. The Hall–Kier alpha value is -0.283. The second kappa shape index (κ2) is 5.66. The van der Waals surface area contributed by atoms with Crippen LogP contribution >= 0.6 is 11.3 Å². The van der Waals surface area contributed by atoms with Gasteiger partial charge >= 0.3 is 0 Å². The van der Waals surface area contributed by atoms with Crippen LogP contribution in [0.3, 0.4) is 0 Å². The molecule has 0 amide bonds. The summed E-state index contributed by atoms with van der Waals surface area (Å²) < 4.78 is 32.4. The van der Waals surface area contributed by atoms with Crippen molar-refractivity contribution in [2.45, 2.75) is 56.1 Å². The van der Waals surface area contributed by atoms with Gasteiger partial charge in [-0.05, 0) is 31.6 Å². The van der Waals surface area contributed by atoms with Crippen LogP contribution in [0.25, 0.3) is 0 Å². The molecule has 1 atom stereocenters. The van der Waals surface area contributed by atoms with Crippen LogP contribution in [0.2, 0.25) is 18.1 Å². The van der Waals surface area contributed by atoms with Crippen molar-refractivity contribution in [2.24, 2.45) is 9.17 Å². The fourth-order valence-electron chi connectivity index (χ4n) is 2.17. The summed E-state index contributed by atoms with van der Waals surface area (Å²) >= 11 is 1.25. The third-order valence-corrected chi connectivity index (χ3v) is 13.9. The predicted molar refractivity (Wildman–Crippen MR) is 94.5 cm³/mol. The van der Waals surface area contributed by atoms with Gasteiger partial charge in [-0.2, -0.15) is 0 Å². The van der Waals surface area contributed by atoms with Crippen molar-refractivity contribution in [2.75, 3.05) is 13.6 Å². The van der Waals surface area contributed by atoms with E-state index >= 15 is 0 Å². The van der Waals surface area contributed by atoms with E-state index in [4.69, 9.17) is 5.14 Å². The van der Waals surface area contributed by atoms with Gasteiger partial charge in [0, 0.05) is 23.5 Å². The van der Waals surface area contributed by atoms with Crippen molar-refractivity contribution in [3.8, 4) is 0 Å². The van der Waals surface area contributed by atoms with E-state index in [0.717, 1.165) is 17.8 Å². The number of nitrogens with two attached hydrogens (primary N) is 1. The lowest BCUT2D eigenvalue weighted by molar-refractivity contribution is 0.308. The fourth-order valence-corrected chi connectivity index (χ4v) is 8.71. The van der Waals surface area contributed by atoms with Crippen LogP contribution in [-0.2, 0) is 22.9 Å². The Kier molecular flexibility index (Phi) is 4.65. The summed E-state index contributed by atoms with van der Waals surface area (Å²) in [6.07, 6.45) is 0.781. The molecule has 0 aromatic carbocycles. The van der Waals surface area contributed by atoms with Gasteiger partial charge in [0.2, 0.25) is 0 Å². The number of hydrogen-bond acceptors (Lipinski definition) is 4. The molecule has 2 rings (SSSR count). The summed E-state index contributed by atoms with van der Waals surface area (Å²) in [6, 6.07) is 0. The van der Waals surface area contributed by atoms with Crippen LogP contribution < -0.4 is 5.14 Å². The molecule has 22 heavy (non-hydrogen) atoms. The molecular weight excluding hydrogens is 337 g/mol. The maximum Gasteiger partial charge on any atom is 0.195 e. The second-order valence-electron chi connectivity index (χ2n) is 7.56. The number of thiophene rings is 1. The number of nitrogens with zero attached hydrogens (tertiary/aromatic N) is 2. The first-order valence-electron chi connectivity index (χ1n) is 7.40. The van der Waals surface area contributed by atoms with Gasteiger partial charge in [-0.25, -0.2) is 13.7 Å². The molecule has 1 aromatic rings. The number of rotatable bonds is 2. The molecular formula is C14H26FN3OS2Si. The summed E-state index contributed by atoms with van der Waals surface area (Å²) in [5, 5.41) is 5.94. The zero-order chi connectivity index (χ0) is 16.9. The highest BCUT2D eigenvalue weighted by Crippen LogP contribution is 2.40. The van der Waals surface area contributed by atoms with Crippen LogP contribution in [-0.4, -0.2) is 30.9 Å². The summed E-state index contributed by atoms with van der Waals surface area (Å²) in [6.45, 7) is 11.7. The van der Waals surface area contributed by atoms with E-state index in [0.29, 0.717) is 12.1 Å². The lowest BCUT2D eigenvalue weighted by Crippen LogP contribution is -2.37. The second-order valence-corrected chi connectivity index (χ2v) is 15.8. The predicted octanol–water partition coefficient (Wildman–Crippen LogP) is 3.58. The van der Waals surface area contributed by atoms with Gasteiger partial charge in [0.15, 0.2) is 14.1 Å². The Morgan fingerprint density at radius 3 is 2.55 bits per heavy atom. The van der Waals surface area contributed by atoms with E-state index in [1.165, 1.54) is 11.3 Å². The minimum absolute atomic E-state index is 0.0808. The minimum Gasteiger partial charge on any atom is -0.302 e. The highest BCUT2D eigenvalue weighted by atomic mass is 32.2. The van der Waals surface area contributed by atoms with Crippen molar-refractivity contribution >= 4 is 29.5 Å². The van der Waals surface area contributed by atoms with E-state index in [1.54, 1.807) is 0 Å². The summed E-state index contributed by atoms with van der Waals surface area (Å²) in [7, 11) is -3.44. The molecule has 2 N–H and O–H groups in total. The molecule has 2 heterocycles. The molecule has 0 spiro atoms. The number of likely N-dealkylation sites (N-methyl/N-ethyl adjacent to an activating group) is 1. The van der Waals surface area contributed by atoms with Crippen molar-refractivity contribution < 1.29 is 8.60 Å². The molecule has 1 unspecified atom stereocenters. The standard InChI is InChI=1S/C14H26FN3OS2Si/c1-14(2,3)22(5,6)17-21(16,19)13-12(15)10-9-18(4)8-7-11(10)20-13/h7-9H2,1-6H3,(H2,16,17,19). The Balaban J connectivity index is 2.54. The first-order valence-corrected chi connectivity index (χ1v) is 12.7. The van der Waals surface area contributed by atoms with Gasteiger partial charge in [0.1, 0.15) is 14.1 Å². The van der Waals surface area contributed by atoms with Crippen LogP contribution in [0, 0.1) is 5.82 Å². The molecule has 126 valence electrons. The molecule has 0 fully saturated rings. The molecule has 0 saturated heterocycles. The van der Waals surface area contributed by atoms with Crippen LogP contribution in [0.4, 0.5) is 4.39 Å². The third-order valence-electron chi connectivity index (χ3n) is 4.61. The van der Waals surface area contributed by atoms with Gasteiger partial charge in [-0.15, -0.1) is 11.3 Å². The van der Waals surface area contributed by atoms with E-state index in [9.17, 15) is 8.60 Å². The molecule has 8 heteroatoms. The lowest BCUT2D eigenvalue weighted by atomic mass is 10.1. The van der Waals surface area contributed by atoms with E-state index in [1.807, 2.05) is 20.1 Å². The van der Waals surface area contributed by atoms with Crippen LogP contribution in [0.15, 0.2) is 8.24 Å². The van der Waals surface area contributed by atoms with Gasteiger partial charge < -0.3 is 4.90 Å². The first kappa shape index (κ1) is 18.1. The molecule has 0 radical (unpaired) electrons. The van der Waals surface area contributed by atoms with Gasteiger partial charge in [0.25, 0.3) is 0 Å². The quantitative estimate of drug-likeness (QED) is 0.817. The van der Waals surface area contributed by atoms with Crippen molar-refractivity contribution in [1.29, 1.82) is 0 Å². The minimum atomic E-state index is -3.18. The molecule has 0 saturated carbocycles. The Labute approximate surface area is 138 Å². The van der Waals surface area contributed by atoms with Crippen molar-refractivity contribution in [1.82, 2.24) is 4.90 Å². The fraction of sp³-hybridized carbons (Fsp3) is 0.714. The zero-order valence-electron chi connectivity index (χ0n) is 14.2. The largest absolute Gasteiger partial charge is 0.302 e. The number of halogens is 1.